The van der Waals surface area contributed by atoms with Crippen molar-refractivity contribution in [2.24, 2.45) is 0 Å². The van der Waals surface area contributed by atoms with E-state index in [1.165, 1.54) is 5.75 Å². The van der Waals surface area contributed by atoms with Crippen molar-refractivity contribution in [3.8, 4) is 0 Å². The third-order valence-electron chi connectivity index (χ3n) is 3.19. The van der Waals surface area contributed by atoms with Gasteiger partial charge in [-0.05, 0) is 36.4 Å². The summed E-state index contributed by atoms with van der Waals surface area (Å²) in [7, 11) is 3.78. The van der Waals surface area contributed by atoms with Gasteiger partial charge in [-0.3, -0.25) is 4.79 Å². The fraction of sp³-hybridized carbons (Fsp3) is 0.462. The van der Waals surface area contributed by atoms with Crippen molar-refractivity contribution in [2.75, 3.05) is 30.9 Å². The molecule has 0 aromatic heterocycles. The summed E-state index contributed by atoms with van der Waals surface area (Å²) < 4.78 is 0. The summed E-state index contributed by atoms with van der Waals surface area (Å²) in [6.45, 7) is 0. The maximum absolute atomic E-state index is 12.2. The Morgan fingerprint density at radius 1 is 1.41 bits per heavy atom. The molecule has 0 aliphatic carbocycles. The average Bonchev–Trinajstić information content (AvgIpc) is 2.91. The first-order chi connectivity index (χ1) is 8.22. The third-order valence-corrected chi connectivity index (χ3v) is 4.34. The molecule has 1 aromatic carbocycles. The number of rotatable bonds is 3. The molecule has 0 radical (unpaired) electrons. The SMILES string of the molecule is CNc1ccc(C(=O)N(C)C2CCSC2)cc1. The molecule has 1 aromatic rings. The molecule has 4 heteroatoms. The number of benzene rings is 1. The minimum absolute atomic E-state index is 0.125. The zero-order valence-corrected chi connectivity index (χ0v) is 11.1. The number of carbonyl (C=O) groups is 1. The lowest BCUT2D eigenvalue weighted by molar-refractivity contribution is 0.0748. The van der Waals surface area contributed by atoms with E-state index in [4.69, 9.17) is 0 Å². The highest BCUT2D eigenvalue weighted by atomic mass is 32.2. The number of nitrogens with one attached hydrogen (secondary N) is 1. The molecule has 1 saturated heterocycles. The van der Waals surface area contributed by atoms with Crippen LogP contribution < -0.4 is 5.32 Å². The number of nitrogens with zero attached hydrogens (tertiary/aromatic N) is 1. The molecule has 1 amide bonds. The summed E-state index contributed by atoms with van der Waals surface area (Å²) >= 11 is 1.93. The van der Waals surface area contributed by atoms with Crippen molar-refractivity contribution in [2.45, 2.75) is 12.5 Å². The molecule has 1 unspecified atom stereocenters. The van der Waals surface area contributed by atoms with Crippen LogP contribution in [0, 0.1) is 0 Å². The summed E-state index contributed by atoms with van der Waals surface area (Å²) in [5, 5.41) is 3.05. The number of hydrogen-bond donors (Lipinski definition) is 1. The van der Waals surface area contributed by atoms with Gasteiger partial charge in [0.25, 0.3) is 5.91 Å². The lowest BCUT2D eigenvalue weighted by Gasteiger charge is -2.23. The Balaban J connectivity index is 2.07. The zero-order valence-electron chi connectivity index (χ0n) is 10.3. The quantitative estimate of drug-likeness (QED) is 0.893. The predicted molar refractivity (Wildman–Crippen MR) is 73.8 cm³/mol. The summed E-state index contributed by atoms with van der Waals surface area (Å²) in [6, 6.07) is 8.03. The van der Waals surface area contributed by atoms with E-state index < -0.39 is 0 Å². The van der Waals surface area contributed by atoms with Crippen LogP contribution in [0.15, 0.2) is 24.3 Å². The molecule has 1 atom stereocenters. The van der Waals surface area contributed by atoms with Gasteiger partial charge in [-0.1, -0.05) is 0 Å². The number of anilines is 1. The molecule has 1 heterocycles. The first kappa shape index (κ1) is 12.3. The van der Waals surface area contributed by atoms with E-state index in [1.54, 1.807) is 0 Å². The summed E-state index contributed by atoms with van der Waals surface area (Å²) in [5.41, 5.74) is 1.80. The van der Waals surface area contributed by atoms with Gasteiger partial charge in [0.15, 0.2) is 0 Å². The van der Waals surface area contributed by atoms with Crippen molar-refractivity contribution in [1.82, 2.24) is 4.90 Å². The number of amides is 1. The Labute approximate surface area is 107 Å². The molecule has 3 nitrogen and oxygen atoms in total. The highest BCUT2D eigenvalue weighted by Gasteiger charge is 2.24. The van der Waals surface area contributed by atoms with Crippen molar-refractivity contribution in [3.05, 3.63) is 29.8 Å². The molecule has 17 heavy (non-hydrogen) atoms. The van der Waals surface area contributed by atoms with Gasteiger partial charge in [-0.25, -0.2) is 0 Å². The van der Waals surface area contributed by atoms with E-state index in [2.05, 4.69) is 5.32 Å². The van der Waals surface area contributed by atoms with Gasteiger partial charge >= 0.3 is 0 Å². The predicted octanol–water partition coefficient (Wildman–Crippen LogP) is 2.31. The second kappa shape index (κ2) is 5.45. The van der Waals surface area contributed by atoms with Gasteiger partial charge < -0.3 is 10.2 Å². The Morgan fingerprint density at radius 2 is 2.12 bits per heavy atom. The zero-order chi connectivity index (χ0) is 12.3. The first-order valence-corrected chi connectivity index (χ1v) is 7.00. The molecule has 2 rings (SSSR count). The molecule has 1 aliphatic heterocycles. The largest absolute Gasteiger partial charge is 0.388 e. The highest BCUT2D eigenvalue weighted by molar-refractivity contribution is 7.99. The van der Waals surface area contributed by atoms with Crippen LogP contribution >= 0.6 is 11.8 Å². The Kier molecular flexibility index (Phi) is 3.94. The van der Waals surface area contributed by atoms with E-state index in [9.17, 15) is 4.79 Å². The van der Waals surface area contributed by atoms with Crippen LogP contribution in [0.2, 0.25) is 0 Å². The Bertz CT molecular complexity index is 385. The van der Waals surface area contributed by atoms with Crippen LogP contribution in [0.1, 0.15) is 16.8 Å². The molecular formula is C13H18N2OS. The fourth-order valence-electron chi connectivity index (χ4n) is 1.98. The molecular weight excluding hydrogens is 232 g/mol. The number of carbonyl (C=O) groups excluding carboxylic acids is 1. The van der Waals surface area contributed by atoms with Crippen LogP contribution in [-0.2, 0) is 0 Å². The van der Waals surface area contributed by atoms with E-state index in [1.807, 2.05) is 55.0 Å². The van der Waals surface area contributed by atoms with Gasteiger partial charge in [0.05, 0.1) is 0 Å². The summed E-state index contributed by atoms with van der Waals surface area (Å²) in [6.07, 6.45) is 1.11. The lowest BCUT2D eigenvalue weighted by Crippen LogP contribution is -2.36. The maximum atomic E-state index is 12.2. The highest BCUT2D eigenvalue weighted by Crippen LogP contribution is 2.22. The molecule has 0 bridgehead atoms. The van der Waals surface area contributed by atoms with E-state index >= 15 is 0 Å². The summed E-state index contributed by atoms with van der Waals surface area (Å²) in [4.78, 5) is 14.1. The van der Waals surface area contributed by atoms with Crippen LogP contribution in [0.25, 0.3) is 0 Å². The Hall–Kier alpha value is -1.16. The minimum Gasteiger partial charge on any atom is -0.388 e. The fourth-order valence-corrected chi connectivity index (χ4v) is 3.24. The number of hydrogen-bond acceptors (Lipinski definition) is 3. The summed E-state index contributed by atoms with van der Waals surface area (Å²) in [5.74, 6) is 2.36. The van der Waals surface area contributed by atoms with Gasteiger partial charge in [0, 0.05) is 37.1 Å². The van der Waals surface area contributed by atoms with E-state index in [-0.39, 0.29) is 5.91 Å². The second-order valence-corrected chi connectivity index (χ2v) is 5.41. The molecule has 92 valence electrons. The van der Waals surface area contributed by atoms with Crippen molar-refractivity contribution in [3.63, 3.8) is 0 Å². The van der Waals surface area contributed by atoms with Gasteiger partial charge in [-0.2, -0.15) is 11.8 Å². The molecule has 1 fully saturated rings. The normalized spacial score (nSPS) is 19.1. The van der Waals surface area contributed by atoms with Gasteiger partial charge in [-0.15, -0.1) is 0 Å². The van der Waals surface area contributed by atoms with Crippen LogP contribution in [-0.4, -0.2) is 42.4 Å². The van der Waals surface area contributed by atoms with Gasteiger partial charge in [0.2, 0.25) is 0 Å². The molecule has 0 spiro atoms. The Morgan fingerprint density at radius 3 is 2.65 bits per heavy atom. The van der Waals surface area contributed by atoms with Gasteiger partial charge in [0.1, 0.15) is 0 Å². The topological polar surface area (TPSA) is 32.3 Å². The molecule has 0 saturated carbocycles. The standard InChI is InChI=1S/C13H18N2OS/c1-14-11-5-3-10(4-6-11)13(16)15(2)12-7-8-17-9-12/h3-6,12,14H,7-9H2,1-2H3. The van der Waals surface area contributed by atoms with E-state index in [0.717, 1.165) is 23.4 Å². The number of thioether (sulfide) groups is 1. The average molecular weight is 250 g/mol. The maximum Gasteiger partial charge on any atom is 0.253 e. The lowest BCUT2D eigenvalue weighted by atomic mass is 10.1. The van der Waals surface area contributed by atoms with Crippen LogP contribution in [0.5, 0.6) is 0 Å². The molecule has 1 aliphatic rings. The third kappa shape index (κ3) is 2.75. The van der Waals surface area contributed by atoms with Crippen molar-refractivity contribution < 1.29 is 4.79 Å². The monoisotopic (exact) mass is 250 g/mol. The minimum atomic E-state index is 0.125. The van der Waals surface area contributed by atoms with E-state index in [0.29, 0.717) is 6.04 Å². The first-order valence-electron chi connectivity index (χ1n) is 5.85. The molecule has 1 N–H and O–H groups in total. The smallest absolute Gasteiger partial charge is 0.253 e. The van der Waals surface area contributed by atoms with Crippen molar-refractivity contribution >= 4 is 23.4 Å². The van der Waals surface area contributed by atoms with Crippen LogP contribution in [0.4, 0.5) is 5.69 Å². The second-order valence-electron chi connectivity index (χ2n) is 4.26. The van der Waals surface area contributed by atoms with Crippen LogP contribution in [0.3, 0.4) is 0 Å². The van der Waals surface area contributed by atoms with Crippen molar-refractivity contribution in [1.29, 1.82) is 0 Å².